The van der Waals surface area contributed by atoms with Gasteiger partial charge in [0.15, 0.2) is 0 Å². The van der Waals surface area contributed by atoms with Gasteiger partial charge in [-0.25, -0.2) is 4.98 Å². The summed E-state index contributed by atoms with van der Waals surface area (Å²) in [5, 5.41) is 10.5. The molecule has 4 aromatic rings. The SMILES string of the molecule is O=C(NCc1cn2ccc(Br)cc2n1)c1cccc2[nH]ncc12. The number of aromatic nitrogens is 4. The number of nitrogens with zero attached hydrogens (tertiary/aromatic N) is 3. The monoisotopic (exact) mass is 369 g/mol. The second-order valence-electron chi connectivity index (χ2n) is 5.16. The number of rotatable bonds is 3. The number of fused-ring (bicyclic) bond motifs is 2. The zero-order valence-electron chi connectivity index (χ0n) is 12.0. The van der Waals surface area contributed by atoms with Crippen molar-refractivity contribution >= 4 is 38.4 Å². The van der Waals surface area contributed by atoms with Gasteiger partial charge in [0.2, 0.25) is 0 Å². The molecule has 0 radical (unpaired) electrons. The van der Waals surface area contributed by atoms with E-state index in [1.807, 2.05) is 41.1 Å². The fourth-order valence-electron chi connectivity index (χ4n) is 2.53. The Hall–Kier alpha value is -2.67. The summed E-state index contributed by atoms with van der Waals surface area (Å²) >= 11 is 3.42. The number of H-pyrrole nitrogens is 1. The Kier molecular flexibility index (Phi) is 3.34. The van der Waals surface area contributed by atoms with Crippen molar-refractivity contribution < 1.29 is 4.79 Å². The lowest BCUT2D eigenvalue weighted by Crippen LogP contribution is -2.23. The van der Waals surface area contributed by atoms with Gasteiger partial charge in [0.05, 0.1) is 29.5 Å². The topological polar surface area (TPSA) is 75.1 Å². The number of benzene rings is 1. The highest BCUT2D eigenvalue weighted by molar-refractivity contribution is 9.10. The molecular weight excluding hydrogens is 358 g/mol. The second kappa shape index (κ2) is 5.51. The van der Waals surface area contributed by atoms with Crippen LogP contribution in [-0.4, -0.2) is 25.5 Å². The van der Waals surface area contributed by atoms with Crippen molar-refractivity contribution in [2.45, 2.75) is 6.54 Å². The molecule has 0 atom stereocenters. The first kappa shape index (κ1) is 14.0. The van der Waals surface area contributed by atoms with Crippen LogP contribution >= 0.6 is 15.9 Å². The molecule has 23 heavy (non-hydrogen) atoms. The number of nitrogens with one attached hydrogen (secondary N) is 2. The van der Waals surface area contributed by atoms with Gasteiger partial charge in [-0.2, -0.15) is 5.10 Å². The Morgan fingerprint density at radius 1 is 1.35 bits per heavy atom. The van der Waals surface area contributed by atoms with Gasteiger partial charge in [-0.3, -0.25) is 9.89 Å². The van der Waals surface area contributed by atoms with Crippen molar-refractivity contribution in [1.82, 2.24) is 24.9 Å². The minimum atomic E-state index is -0.143. The standard InChI is InChI=1S/C16H12BrN5O/c17-10-4-5-22-9-11(20-15(22)6-10)7-18-16(23)12-2-1-3-14-13(12)8-19-21-14/h1-6,8-9H,7H2,(H,18,23)(H,19,21). The number of imidazole rings is 1. The van der Waals surface area contributed by atoms with Crippen LogP contribution in [0.4, 0.5) is 0 Å². The predicted molar refractivity (Wildman–Crippen MR) is 90.2 cm³/mol. The van der Waals surface area contributed by atoms with E-state index in [1.165, 1.54) is 0 Å². The van der Waals surface area contributed by atoms with Crippen LogP contribution < -0.4 is 5.32 Å². The quantitative estimate of drug-likeness (QED) is 0.582. The maximum absolute atomic E-state index is 12.4. The Balaban J connectivity index is 1.55. The Morgan fingerprint density at radius 2 is 2.26 bits per heavy atom. The average molecular weight is 370 g/mol. The van der Waals surface area contributed by atoms with Crippen LogP contribution in [-0.2, 0) is 6.54 Å². The van der Waals surface area contributed by atoms with E-state index in [9.17, 15) is 4.79 Å². The second-order valence-corrected chi connectivity index (χ2v) is 6.08. The van der Waals surface area contributed by atoms with Gasteiger partial charge in [-0.05, 0) is 24.3 Å². The average Bonchev–Trinajstić information content (AvgIpc) is 3.17. The van der Waals surface area contributed by atoms with Crippen molar-refractivity contribution in [1.29, 1.82) is 0 Å². The van der Waals surface area contributed by atoms with Crippen LogP contribution in [0.15, 0.2) is 53.4 Å². The highest BCUT2D eigenvalue weighted by Crippen LogP contribution is 2.16. The van der Waals surface area contributed by atoms with E-state index in [4.69, 9.17) is 0 Å². The number of aromatic amines is 1. The number of pyridine rings is 1. The summed E-state index contributed by atoms with van der Waals surface area (Å²) in [4.78, 5) is 16.9. The molecule has 0 aliphatic rings. The molecule has 2 N–H and O–H groups in total. The third-order valence-electron chi connectivity index (χ3n) is 3.63. The maximum atomic E-state index is 12.4. The number of carbonyl (C=O) groups is 1. The summed E-state index contributed by atoms with van der Waals surface area (Å²) in [7, 11) is 0. The summed E-state index contributed by atoms with van der Waals surface area (Å²) in [6.45, 7) is 0.367. The molecule has 0 unspecified atom stereocenters. The third kappa shape index (κ3) is 2.59. The fourth-order valence-corrected chi connectivity index (χ4v) is 2.85. The number of hydrogen-bond acceptors (Lipinski definition) is 3. The van der Waals surface area contributed by atoms with Gasteiger partial charge in [0.1, 0.15) is 5.65 Å². The molecule has 0 bridgehead atoms. The van der Waals surface area contributed by atoms with Gasteiger partial charge >= 0.3 is 0 Å². The molecule has 1 aromatic carbocycles. The van der Waals surface area contributed by atoms with E-state index in [1.54, 1.807) is 12.3 Å². The number of amides is 1. The first-order chi connectivity index (χ1) is 11.2. The number of halogens is 1. The summed E-state index contributed by atoms with van der Waals surface area (Å²) in [6.07, 6.45) is 5.48. The molecule has 0 saturated carbocycles. The van der Waals surface area contributed by atoms with Crippen LogP contribution in [0.5, 0.6) is 0 Å². The van der Waals surface area contributed by atoms with Crippen LogP contribution in [0.1, 0.15) is 16.1 Å². The third-order valence-corrected chi connectivity index (χ3v) is 4.12. The first-order valence-electron chi connectivity index (χ1n) is 7.04. The van der Waals surface area contributed by atoms with Gasteiger partial charge in [0, 0.05) is 22.3 Å². The van der Waals surface area contributed by atoms with Crippen molar-refractivity contribution in [3.05, 3.63) is 64.7 Å². The zero-order chi connectivity index (χ0) is 15.8. The largest absolute Gasteiger partial charge is 0.346 e. The minimum Gasteiger partial charge on any atom is -0.346 e. The van der Waals surface area contributed by atoms with Crippen LogP contribution in [0.25, 0.3) is 16.6 Å². The van der Waals surface area contributed by atoms with E-state index in [0.29, 0.717) is 12.1 Å². The summed E-state index contributed by atoms with van der Waals surface area (Å²) in [5.41, 5.74) is 3.08. The van der Waals surface area contributed by atoms with E-state index in [0.717, 1.165) is 26.7 Å². The van der Waals surface area contributed by atoms with Crippen LogP contribution in [0, 0.1) is 0 Å². The summed E-state index contributed by atoms with van der Waals surface area (Å²) in [6, 6.07) is 9.37. The molecule has 3 aromatic heterocycles. The van der Waals surface area contributed by atoms with Crippen molar-refractivity contribution in [2.24, 2.45) is 0 Å². The van der Waals surface area contributed by atoms with E-state index in [-0.39, 0.29) is 5.91 Å². The van der Waals surface area contributed by atoms with E-state index >= 15 is 0 Å². The van der Waals surface area contributed by atoms with Gasteiger partial charge in [-0.1, -0.05) is 22.0 Å². The highest BCUT2D eigenvalue weighted by atomic mass is 79.9. The zero-order valence-corrected chi connectivity index (χ0v) is 13.5. The van der Waals surface area contributed by atoms with Crippen molar-refractivity contribution in [2.75, 3.05) is 0 Å². The predicted octanol–water partition coefficient (Wildman–Crippen LogP) is 2.90. The Labute approximate surface area is 139 Å². The van der Waals surface area contributed by atoms with Crippen molar-refractivity contribution in [3.63, 3.8) is 0 Å². The Bertz CT molecular complexity index is 1020. The normalized spacial score (nSPS) is 11.2. The van der Waals surface area contributed by atoms with Crippen LogP contribution in [0.2, 0.25) is 0 Å². The lowest BCUT2D eigenvalue weighted by atomic mass is 10.1. The Morgan fingerprint density at radius 3 is 3.17 bits per heavy atom. The highest BCUT2D eigenvalue weighted by Gasteiger charge is 2.11. The van der Waals surface area contributed by atoms with Gasteiger partial charge < -0.3 is 9.72 Å². The molecule has 3 heterocycles. The summed E-state index contributed by atoms with van der Waals surface area (Å²) < 4.78 is 2.89. The molecule has 0 saturated heterocycles. The van der Waals surface area contributed by atoms with Gasteiger partial charge in [-0.15, -0.1) is 0 Å². The van der Waals surface area contributed by atoms with Crippen molar-refractivity contribution in [3.8, 4) is 0 Å². The summed E-state index contributed by atoms with van der Waals surface area (Å²) in [5.74, 6) is -0.143. The van der Waals surface area contributed by atoms with E-state index in [2.05, 4.69) is 36.4 Å². The molecule has 4 rings (SSSR count). The van der Waals surface area contributed by atoms with Crippen LogP contribution in [0.3, 0.4) is 0 Å². The molecule has 0 spiro atoms. The molecule has 1 amide bonds. The lowest BCUT2D eigenvalue weighted by Gasteiger charge is -2.04. The first-order valence-corrected chi connectivity index (χ1v) is 7.83. The lowest BCUT2D eigenvalue weighted by molar-refractivity contribution is 0.0952. The molecule has 0 aliphatic heterocycles. The fraction of sp³-hybridized carbons (Fsp3) is 0.0625. The molecule has 0 aliphatic carbocycles. The smallest absolute Gasteiger partial charge is 0.252 e. The molecule has 0 fully saturated rings. The minimum absolute atomic E-state index is 0.143. The van der Waals surface area contributed by atoms with Gasteiger partial charge in [0.25, 0.3) is 5.91 Å². The van der Waals surface area contributed by atoms with E-state index < -0.39 is 0 Å². The number of hydrogen-bond donors (Lipinski definition) is 2. The number of carbonyl (C=O) groups excluding carboxylic acids is 1. The molecule has 7 heteroatoms. The molecule has 6 nitrogen and oxygen atoms in total. The maximum Gasteiger partial charge on any atom is 0.252 e. The molecule has 114 valence electrons. The molecular formula is C16H12BrN5O.